The summed E-state index contributed by atoms with van der Waals surface area (Å²) in [6.07, 6.45) is 0.425. The van der Waals surface area contributed by atoms with Crippen molar-refractivity contribution in [1.29, 1.82) is 0 Å². The molecule has 106 valence electrons. The Bertz CT molecular complexity index is 681. The first-order valence-electron chi connectivity index (χ1n) is 6.85. The van der Waals surface area contributed by atoms with E-state index in [1.807, 2.05) is 54.6 Å². The van der Waals surface area contributed by atoms with Crippen molar-refractivity contribution in [2.75, 3.05) is 5.32 Å². The number of nitrogens with one attached hydrogen (secondary N) is 1. The lowest BCUT2D eigenvalue weighted by Gasteiger charge is -2.11. The predicted molar refractivity (Wildman–Crippen MR) is 79.7 cm³/mol. The number of carboxylic acids is 1. The summed E-state index contributed by atoms with van der Waals surface area (Å²) < 4.78 is 0. The number of benzene rings is 2. The number of aliphatic carboxylic acids is 1. The second kappa shape index (κ2) is 5.40. The summed E-state index contributed by atoms with van der Waals surface area (Å²) in [5.41, 5.74) is 2.66. The summed E-state index contributed by atoms with van der Waals surface area (Å²) in [4.78, 5) is 22.9. The molecule has 1 amide bonds. The smallest absolute Gasteiger partial charge is 0.307 e. The molecule has 0 aliphatic heterocycles. The van der Waals surface area contributed by atoms with Gasteiger partial charge in [0.25, 0.3) is 0 Å². The van der Waals surface area contributed by atoms with Gasteiger partial charge in [0.1, 0.15) is 0 Å². The lowest BCUT2D eigenvalue weighted by atomic mass is 10.0. The molecule has 1 saturated carbocycles. The van der Waals surface area contributed by atoms with Crippen LogP contribution in [0, 0.1) is 11.8 Å². The lowest BCUT2D eigenvalue weighted by Crippen LogP contribution is -2.17. The molecule has 1 fully saturated rings. The van der Waals surface area contributed by atoms with E-state index in [1.165, 1.54) is 0 Å². The van der Waals surface area contributed by atoms with E-state index < -0.39 is 17.8 Å². The molecule has 4 heteroatoms. The second-order valence-electron chi connectivity index (χ2n) is 5.19. The summed E-state index contributed by atoms with van der Waals surface area (Å²) >= 11 is 0. The predicted octanol–water partition coefficient (Wildman–Crippen LogP) is 3.01. The minimum absolute atomic E-state index is 0.217. The van der Waals surface area contributed by atoms with Crippen LogP contribution < -0.4 is 5.32 Å². The van der Waals surface area contributed by atoms with Crippen molar-refractivity contribution in [1.82, 2.24) is 0 Å². The van der Waals surface area contributed by atoms with Crippen LogP contribution in [-0.2, 0) is 9.59 Å². The van der Waals surface area contributed by atoms with Gasteiger partial charge in [-0.05, 0) is 18.1 Å². The molecule has 0 saturated heterocycles. The fourth-order valence-electron chi connectivity index (χ4n) is 2.44. The van der Waals surface area contributed by atoms with E-state index in [0.717, 1.165) is 11.1 Å². The first-order chi connectivity index (χ1) is 10.2. The molecule has 0 heterocycles. The number of carbonyl (C=O) groups excluding carboxylic acids is 1. The number of rotatable bonds is 4. The molecule has 0 unspecified atom stereocenters. The Kier molecular flexibility index (Phi) is 3.44. The molecule has 2 N–H and O–H groups in total. The van der Waals surface area contributed by atoms with Crippen molar-refractivity contribution in [3.63, 3.8) is 0 Å². The minimum atomic E-state index is -0.897. The third-order valence-corrected chi connectivity index (χ3v) is 3.71. The number of carbonyl (C=O) groups is 2. The highest BCUT2D eigenvalue weighted by molar-refractivity contribution is 6.00. The Hall–Kier alpha value is -2.62. The fraction of sp³-hybridized carbons (Fsp3) is 0.176. The molecule has 0 spiro atoms. The fourth-order valence-corrected chi connectivity index (χ4v) is 2.44. The molecular formula is C17H15NO3. The van der Waals surface area contributed by atoms with E-state index in [0.29, 0.717) is 12.1 Å². The van der Waals surface area contributed by atoms with E-state index >= 15 is 0 Å². The van der Waals surface area contributed by atoms with Crippen LogP contribution in [0.3, 0.4) is 0 Å². The summed E-state index contributed by atoms with van der Waals surface area (Å²) in [5, 5.41) is 11.7. The molecule has 0 aromatic heterocycles. The van der Waals surface area contributed by atoms with Gasteiger partial charge in [0.05, 0.1) is 11.8 Å². The molecule has 21 heavy (non-hydrogen) atoms. The minimum Gasteiger partial charge on any atom is -0.481 e. The third-order valence-electron chi connectivity index (χ3n) is 3.71. The molecule has 2 aromatic carbocycles. The summed E-state index contributed by atoms with van der Waals surface area (Å²) in [6, 6.07) is 17.3. The highest BCUT2D eigenvalue weighted by atomic mass is 16.4. The monoisotopic (exact) mass is 281 g/mol. The van der Waals surface area contributed by atoms with Gasteiger partial charge in [-0.2, -0.15) is 0 Å². The summed E-state index contributed by atoms with van der Waals surface area (Å²) in [7, 11) is 0. The number of para-hydroxylation sites is 1. The Balaban J connectivity index is 1.81. The van der Waals surface area contributed by atoms with Crippen LogP contribution in [0.25, 0.3) is 11.1 Å². The number of hydrogen-bond acceptors (Lipinski definition) is 2. The van der Waals surface area contributed by atoms with Gasteiger partial charge >= 0.3 is 5.97 Å². The third kappa shape index (κ3) is 2.79. The molecule has 1 aliphatic rings. The van der Waals surface area contributed by atoms with Crippen molar-refractivity contribution >= 4 is 17.6 Å². The largest absolute Gasteiger partial charge is 0.481 e. The molecular weight excluding hydrogens is 266 g/mol. The Morgan fingerprint density at radius 3 is 2.29 bits per heavy atom. The standard InChI is InChI=1S/C17H15NO3/c19-16(13-10-14(13)17(20)21)18-15-9-5-4-8-12(15)11-6-2-1-3-7-11/h1-9,13-14H,10H2,(H,18,19)(H,20,21)/t13-,14+/m1/s1. The van der Waals surface area contributed by atoms with Crippen molar-refractivity contribution in [2.45, 2.75) is 6.42 Å². The molecule has 3 rings (SSSR count). The van der Waals surface area contributed by atoms with E-state index in [-0.39, 0.29) is 5.91 Å². The van der Waals surface area contributed by atoms with Crippen molar-refractivity contribution < 1.29 is 14.7 Å². The summed E-state index contributed by atoms with van der Waals surface area (Å²) in [5.74, 6) is -2.06. The van der Waals surface area contributed by atoms with Crippen LogP contribution in [0.15, 0.2) is 54.6 Å². The average molecular weight is 281 g/mol. The summed E-state index contributed by atoms with van der Waals surface area (Å²) in [6.45, 7) is 0. The number of anilines is 1. The van der Waals surface area contributed by atoms with Gasteiger partial charge in [-0.1, -0.05) is 48.5 Å². The van der Waals surface area contributed by atoms with Gasteiger partial charge in [0, 0.05) is 11.3 Å². The normalized spacial score (nSPS) is 19.8. The maximum Gasteiger partial charge on any atom is 0.307 e. The second-order valence-corrected chi connectivity index (χ2v) is 5.19. The van der Waals surface area contributed by atoms with Crippen LogP contribution in [0.5, 0.6) is 0 Å². The van der Waals surface area contributed by atoms with Gasteiger partial charge in [0.2, 0.25) is 5.91 Å². The van der Waals surface area contributed by atoms with E-state index in [1.54, 1.807) is 0 Å². The van der Waals surface area contributed by atoms with Crippen LogP contribution in [0.1, 0.15) is 6.42 Å². The molecule has 0 radical (unpaired) electrons. The van der Waals surface area contributed by atoms with Gasteiger partial charge in [0.15, 0.2) is 0 Å². The first kappa shape index (κ1) is 13.4. The van der Waals surface area contributed by atoms with Gasteiger partial charge in [-0.25, -0.2) is 0 Å². The Morgan fingerprint density at radius 2 is 1.62 bits per heavy atom. The van der Waals surface area contributed by atoms with E-state index in [9.17, 15) is 9.59 Å². The number of hydrogen-bond donors (Lipinski definition) is 2. The van der Waals surface area contributed by atoms with E-state index in [4.69, 9.17) is 5.11 Å². The molecule has 4 nitrogen and oxygen atoms in total. The van der Waals surface area contributed by atoms with Crippen molar-refractivity contribution in [3.8, 4) is 11.1 Å². The highest BCUT2D eigenvalue weighted by Crippen LogP contribution is 2.40. The van der Waals surface area contributed by atoms with Crippen molar-refractivity contribution in [3.05, 3.63) is 54.6 Å². The van der Waals surface area contributed by atoms with Gasteiger partial charge < -0.3 is 10.4 Å². The van der Waals surface area contributed by atoms with Crippen LogP contribution >= 0.6 is 0 Å². The topological polar surface area (TPSA) is 66.4 Å². The zero-order valence-electron chi connectivity index (χ0n) is 11.3. The highest BCUT2D eigenvalue weighted by Gasteiger charge is 2.48. The van der Waals surface area contributed by atoms with E-state index in [2.05, 4.69) is 5.32 Å². The quantitative estimate of drug-likeness (QED) is 0.905. The zero-order chi connectivity index (χ0) is 14.8. The average Bonchev–Trinajstić information content (AvgIpc) is 3.29. The molecule has 0 bridgehead atoms. The Labute approximate surface area is 122 Å². The van der Waals surface area contributed by atoms with Gasteiger partial charge in [-0.15, -0.1) is 0 Å². The lowest BCUT2D eigenvalue weighted by molar-refractivity contribution is -0.139. The molecule has 2 atom stereocenters. The zero-order valence-corrected chi connectivity index (χ0v) is 11.3. The molecule has 1 aliphatic carbocycles. The first-order valence-corrected chi connectivity index (χ1v) is 6.85. The SMILES string of the molecule is O=C(O)[C@H]1C[C@H]1C(=O)Nc1ccccc1-c1ccccc1. The van der Waals surface area contributed by atoms with Crippen LogP contribution in [-0.4, -0.2) is 17.0 Å². The van der Waals surface area contributed by atoms with Crippen LogP contribution in [0.4, 0.5) is 5.69 Å². The van der Waals surface area contributed by atoms with Crippen LogP contribution in [0.2, 0.25) is 0 Å². The maximum absolute atomic E-state index is 12.1. The van der Waals surface area contributed by atoms with Crippen molar-refractivity contribution in [2.24, 2.45) is 11.8 Å². The molecule has 2 aromatic rings. The Morgan fingerprint density at radius 1 is 0.952 bits per heavy atom. The number of carboxylic acid groups (broad SMARTS) is 1. The maximum atomic E-state index is 12.1. The number of amides is 1. The van der Waals surface area contributed by atoms with Gasteiger partial charge in [-0.3, -0.25) is 9.59 Å².